The van der Waals surface area contributed by atoms with Gasteiger partial charge in [0, 0.05) is 18.3 Å². The van der Waals surface area contributed by atoms with Gasteiger partial charge in [-0.05, 0) is 11.6 Å². The highest BCUT2D eigenvalue weighted by atomic mass is 35.5. The summed E-state index contributed by atoms with van der Waals surface area (Å²) in [7, 11) is 1.36. The Labute approximate surface area is 137 Å². The van der Waals surface area contributed by atoms with Crippen LogP contribution in [0.1, 0.15) is 15.9 Å². The zero-order valence-corrected chi connectivity index (χ0v) is 13.2. The van der Waals surface area contributed by atoms with E-state index in [1.807, 2.05) is 18.2 Å². The molecular formula is C15H16ClN3O4. The first-order valence-electron chi connectivity index (χ1n) is 6.79. The molecule has 7 nitrogen and oxygen atoms in total. The summed E-state index contributed by atoms with van der Waals surface area (Å²) in [6.07, 6.45) is 2.91. The number of carbonyl (C=O) groups is 2. The van der Waals surface area contributed by atoms with Crippen molar-refractivity contribution in [1.82, 2.24) is 15.1 Å². The first kappa shape index (κ1) is 17.0. The Kier molecular flexibility index (Phi) is 5.72. The Balaban J connectivity index is 2.05. The molecule has 122 valence electrons. The largest absolute Gasteiger partial charge is 0.480 e. The van der Waals surface area contributed by atoms with Crippen molar-refractivity contribution in [2.75, 3.05) is 13.7 Å². The molecule has 0 aliphatic carbocycles. The molecule has 1 heterocycles. The van der Waals surface area contributed by atoms with Crippen LogP contribution in [0.5, 0.6) is 0 Å². The number of methoxy groups -OCH3 is 1. The van der Waals surface area contributed by atoms with Crippen molar-refractivity contribution in [3.63, 3.8) is 0 Å². The number of carbonyl (C=O) groups excluding carboxylic acids is 1. The smallest absolute Gasteiger partial charge is 0.328 e. The normalized spacial score (nSPS) is 11.9. The van der Waals surface area contributed by atoms with Crippen LogP contribution in [0, 0.1) is 0 Å². The lowest BCUT2D eigenvalue weighted by atomic mass is 10.2. The quantitative estimate of drug-likeness (QED) is 0.797. The molecule has 2 rings (SSSR count). The number of hydrogen-bond donors (Lipinski definition) is 2. The van der Waals surface area contributed by atoms with Gasteiger partial charge in [0.25, 0.3) is 5.91 Å². The monoisotopic (exact) mass is 337 g/mol. The van der Waals surface area contributed by atoms with Gasteiger partial charge in [0.2, 0.25) is 0 Å². The molecule has 0 aliphatic heterocycles. The van der Waals surface area contributed by atoms with Gasteiger partial charge >= 0.3 is 5.97 Å². The summed E-state index contributed by atoms with van der Waals surface area (Å²) in [5, 5.41) is 16.1. The van der Waals surface area contributed by atoms with Crippen LogP contribution >= 0.6 is 11.6 Å². The average Bonchev–Trinajstić information content (AvgIpc) is 2.97. The van der Waals surface area contributed by atoms with E-state index < -0.39 is 17.9 Å². The number of amides is 1. The number of nitrogens with zero attached hydrogens (tertiary/aromatic N) is 2. The van der Waals surface area contributed by atoms with Crippen LogP contribution in [-0.4, -0.2) is 46.5 Å². The number of nitrogens with one attached hydrogen (secondary N) is 1. The predicted molar refractivity (Wildman–Crippen MR) is 83.5 cm³/mol. The van der Waals surface area contributed by atoms with E-state index in [1.54, 1.807) is 10.7 Å². The lowest BCUT2D eigenvalue weighted by Gasteiger charge is -2.12. The molecule has 0 saturated carbocycles. The molecule has 2 aromatic rings. The molecule has 1 atom stereocenters. The van der Waals surface area contributed by atoms with Crippen LogP contribution in [0.2, 0.25) is 5.02 Å². The minimum atomic E-state index is -1.16. The number of carboxylic acids is 1. The van der Waals surface area contributed by atoms with E-state index in [4.69, 9.17) is 21.4 Å². The fourth-order valence-electron chi connectivity index (χ4n) is 1.95. The van der Waals surface area contributed by atoms with Crippen molar-refractivity contribution in [2.24, 2.45) is 0 Å². The lowest BCUT2D eigenvalue weighted by Crippen LogP contribution is -2.43. The molecule has 0 spiro atoms. The summed E-state index contributed by atoms with van der Waals surface area (Å²) in [6.45, 7) is 0.294. The molecule has 1 unspecified atom stereocenters. The maximum absolute atomic E-state index is 12.1. The predicted octanol–water partition coefficient (Wildman–Crippen LogP) is 1.41. The number of rotatable bonds is 7. The Morgan fingerprint density at radius 2 is 2.17 bits per heavy atom. The van der Waals surface area contributed by atoms with Crippen LogP contribution in [0.15, 0.2) is 36.7 Å². The van der Waals surface area contributed by atoms with E-state index in [9.17, 15) is 9.59 Å². The summed E-state index contributed by atoms with van der Waals surface area (Å²) >= 11 is 6.08. The van der Waals surface area contributed by atoms with Crippen molar-refractivity contribution in [3.8, 4) is 0 Å². The number of aliphatic carboxylic acids is 1. The molecule has 8 heteroatoms. The van der Waals surface area contributed by atoms with Gasteiger partial charge in [-0.15, -0.1) is 0 Å². The summed E-state index contributed by atoms with van der Waals surface area (Å²) in [4.78, 5) is 23.1. The second-order valence-corrected chi connectivity index (χ2v) is 5.24. The fraction of sp³-hybridized carbons (Fsp3) is 0.267. The Morgan fingerprint density at radius 3 is 2.83 bits per heavy atom. The van der Waals surface area contributed by atoms with Crippen molar-refractivity contribution < 1.29 is 19.4 Å². The third-order valence-corrected chi connectivity index (χ3v) is 3.49. The highest BCUT2D eigenvalue weighted by Gasteiger charge is 2.21. The van der Waals surface area contributed by atoms with Crippen LogP contribution in [-0.2, 0) is 16.1 Å². The SMILES string of the molecule is COCC(NC(=O)c1cnn(Cc2ccccc2Cl)c1)C(=O)O. The minimum Gasteiger partial charge on any atom is -0.480 e. The highest BCUT2D eigenvalue weighted by Crippen LogP contribution is 2.16. The molecular weight excluding hydrogens is 322 g/mol. The van der Waals surface area contributed by atoms with E-state index in [0.717, 1.165) is 5.56 Å². The zero-order chi connectivity index (χ0) is 16.8. The molecule has 0 radical (unpaired) electrons. The first-order valence-corrected chi connectivity index (χ1v) is 7.17. The molecule has 0 aliphatic rings. The number of ether oxygens (including phenoxy) is 1. The van der Waals surface area contributed by atoms with E-state index in [2.05, 4.69) is 10.4 Å². The van der Waals surface area contributed by atoms with Crippen molar-refractivity contribution in [2.45, 2.75) is 12.6 Å². The molecule has 0 bridgehead atoms. The molecule has 0 fully saturated rings. The number of aromatic nitrogens is 2. The lowest BCUT2D eigenvalue weighted by molar-refractivity contribution is -0.140. The van der Waals surface area contributed by atoms with Crippen LogP contribution in [0.4, 0.5) is 0 Å². The standard InChI is InChI=1S/C15H16ClN3O4/c1-23-9-13(15(21)22)18-14(20)11-6-17-19(8-11)7-10-4-2-3-5-12(10)16/h2-6,8,13H,7,9H2,1H3,(H,18,20)(H,21,22). The van der Waals surface area contributed by atoms with Crippen LogP contribution < -0.4 is 5.32 Å². The molecule has 0 saturated heterocycles. The minimum absolute atomic E-state index is 0.116. The van der Waals surface area contributed by atoms with E-state index in [-0.39, 0.29) is 12.2 Å². The van der Waals surface area contributed by atoms with E-state index >= 15 is 0 Å². The van der Waals surface area contributed by atoms with E-state index in [1.165, 1.54) is 19.5 Å². The number of halogens is 1. The third kappa shape index (κ3) is 4.54. The maximum atomic E-state index is 12.1. The summed E-state index contributed by atoms with van der Waals surface area (Å²) in [5.74, 6) is -1.69. The number of benzene rings is 1. The van der Waals surface area contributed by atoms with E-state index in [0.29, 0.717) is 11.6 Å². The number of hydrogen-bond acceptors (Lipinski definition) is 4. The van der Waals surface area contributed by atoms with Gasteiger partial charge in [-0.25, -0.2) is 4.79 Å². The highest BCUT2D eigenvalue weighted by molar-refractivity contribution is 6.31. The topological polar surface area (TPSA) is 93.5 Å². The van der Waals surface area contributed by atoms with Crippen molar-refractivity contribution in [1.29, 1.82) is 0 Å². The van der Waals surface area contributed by atoms with Gasteiger partial charge in [0.1, 0.15) is 0 Å². The molecule has 1 aromatic carbocycles. The van der Waals surface area contributed by atoms with Crippen molar-refractivity contribution >= 4 is 23.5 Å². The Hall–Kier alpha value is -2.38. The zero-order valence-electron chi connectivity index (χ0n) is 12.4. The molecule has 1 aromatic heterocycles. The van der Waals surface area contributed by atoms with Gasteiger partial charge in [-0.2, -0.15) is 5.10 Å². The van der Waals surface area contributed by atoms with Crippen LogP contribution in [0.3, 0.4) is 0 Å². The third-order valence-electron chi connectivity index (χ3n) is 3.12. The summed E-state index contributed by atoms with van der Waals surface area (Å²) < 4.78 is 6.33. The molecule has 1 amide bonds. The van der Waals surface area contributed by atoms with Gasteiger partial charge in [0.05, 0.1) is 24.9 Å². The Morgan fingerprint density at radius 1 is 1.43 bits per heavy atom. The average molecular weight is 338 g/mol. The fourth-order valence-corrected chi connectivity index (χ4v) is 2.15. The summed E-state index contributed by atoms with van der Waals surface area (Å²) in [5.41, 5.74) is 1.13. The molecule has 2 N–H and O–H groups in total. The second-order valence-electron chi connectivity index (χ2n) is 4.84. The van der Waals surface area contributed by atoms with Gasteiger partial charge in [0.15, 0.2) is 6.04 Å². The summed E-state index contributed by atoms with van der Waals surface area (Å²) in [6, 6.07) is 6.22. The van der Waals surface area contributed by atoms with Crippen LogP contribution in [0.25, 0.3) is 0 Å². The van der Waals surface area contributed by atoms with Crippen molar-refractivity contribution in [3.05, 3.63) is 52.8 Å². The molecule has 23 heavy (non-hydrogen) atoms. The van der Waals surface area contributed by atoms with Gasteiger partial charge < -0.3 is 15.2 Å². The van der Waals surface area contributed by atoms with Gasteiger partial charge in [-0.3, -0.25) is 9.48 Å². The van der Waals surface area contributed by atoms with Gasteiger partial charge in [-0.1, -0.05) is 29.8 Å². The Bertz CT molecular complexity index is 702. The first-order chi connectivity index (χ1) is 11.0. The second kappa shape index (κ2) is 7.75. The number of carboxylic acid groups (broad SMARTS) is 1. The maximum Gasteiger partial charge on any atom is 0.328 e.